The highest BCUT2D eigenvalue weighted by Crippen LogP contribution is 2.19. The highest BCUT2D eigenvalue weighted by atomic mass is 16.5. The Hall–Kier alpha value is -2.36. The first-order valence-corrected chi connectivity index (χ1v) is 7.62. The van der Waals surface area contributed by atoms with Crippen molar-refractivity contribution in [3.05, 3.63) is 47.5 Å². The molecule has 22 heavy (non-hydrogen) atoms. The molecule has 0 aromatic heterocycles. The van der Waals surface area contributed by atoms with Gasteiger partial charge in [-0.2, -0.15) is 0 Å². The zero-order valence-corrected chi connectivity index (χ0v) is 12.3. The van der Waals surface area contributed by atoms with Crippen molar-refractivity contribution >= 4 is 22.7 Å². The van der Waals surface area contributed by atoms with Crippen molar-refractivity contribution in [2.24, 2.45) is 0 Å². The molecule has 0 amide bonds. The van der Waals surface area contributed by atoms with Crippen molar-refractivity contribution in [1.82, 2.24) is 0 Å². The van der Waals surface area contributed by atoms with Crippen LogP contribution in [0, 0.1) is 0 Å². The fraction of sp³-hybridized carbons (Fsp3) is 0.333. The predicted molar refractivity (Wildman–Crippen MR) is 83.0 cm³/mol. The van der Waals surface area contributed by atoms with E-state index in [1.165, 1.54) is 0 Å². The number of carbonyl (C=O) groups is 2. The molecule has 0 radical (unpaired) electrons. The first-order chi connectivity index (χ1) is 10.7. The van der Waals surface area contributed by atoms with Crippen LogP contribution in [0.5, 0.6) is 0 Å². The molecule has 4 rings (SSSR count). The molecule has 0 spiro atoms. The molecule has 0 aliphatic carbocycles. The van der Waals surface area contributed by atoms with Gasteiger partial charge in [-0.25, -0.2) is 9.59 Å². The summed E-state index contributed by atoms with van der Waals surface area (Å²) < 4.78 is 10.6. The molecular weight excluding hydrogens is 280 g/mol. The number of rotatable bonds is 0. The summed E-state index contributed by atoms with van der Waals surface area (Å²) >= 11 is 0. The SMILES string of the molecule is O=C1OCCCCCCOC(=O)c2ccc3cc1ccc3c2. The van der Waals surface area contributed by atoms with Crippen LogP contribution in [0.3, 0.4) is 0 Å². The van der Waals surface area contributed by atoms with Crippen LogP contribution in [0.15, 0.2) is 36.4 Å². The van der Waals surface area contributed by atoms with Crippen LogP contribution in [0.2, 0.25) is 0 Å². The number of benzene rings is 2. The first-order valence-electron chi connectivity index (χ1n) is 7.62. The van der Waals surface area contributed by atoms with E-state index in [0.717, 1.165) is 36.5 Å². The monoisotopic (exact) mass is 298 g/mol. The summed E-state index contributed by atoms with van der Waals surface area (Å²) in [5.74, 6) is -0.588. The lowest BCUT2D eigenvalue weighted by Crippen LogP contribution is -2.08. The zero-order valence-electron chi connectivity index (χ0n) is 12.3. The van der Waals surface area contributed by atoms with E-state index in [1.807, 2.05) is 12.1 Å². The van der Waals surface area contributed by atoms with Crippen molar-refractivity contribution in [2.45, 2.75) is 25.7 Å². The summed E-state index contributed by atoms with van der Waals surface area (Å²) in [5, 5.41) is 1.80. The third-order valence-electron chi connectivity index (χ3n) is 3.82. The molecule has 4 heteroatoms. The van der Waals surface area contributed by atoms with E-state index in [-0.39, 0.29) is 11.9 Å². The quantitative estimate of drug-likeness (QED) is 0.695. The summed E-state index contributed by atoms with van der Waals surface area (Å²) in [6.07, 6.45) is 3.57. The van der Waals surface area contributed by atoms with Gasteiger partial charge in [-0.05, 0) is 60.7 Å². The number of ether oxygens (including phenoxy) is 2. The van der Waals surface area contributed by atoms with Gasteiger partial charge >= 0.3 is 11.9 Å². The topological polar surface area (TPSA) is 52.6 Å². The maximum atomic E-state index is 12.0. The van der Waals surface area contributed by atoms with Gasteiger partial charge in [0.2, 0.25) is 0 Å². The van der Waals surface area contributed by atoms with Crippen LogP contribution in [-0.4, -0.2) is 25.2 Å². The molecule has 0 N–H and O–H groups in total. The van der Waals surface area contributed by atoms with Crippen LogP contribution in [0.1, 0.15) is 46.4 Å². The second kappa shape index (κ2) is 6.60. The Kier molecular flexibility index (Phi) is 4.37. The lowest BCUT2D eigenvalue weighted by Gasteiger charge is -2.09. The molecule has 2 aliphatic rings. The minimum absolute atomic E-state index is 0.294. The number of hydrogen-bond acceptors (Lipinski definition) is 4. The summed E-state index contributed by atoms with van der Waals surface area (Å²) in [4.78, 5) is 24.0. The largest absolute Gasteiger partial charge is 0.462 e. The lowest BCUT2D eigenvalue weighted by atomic mass is 10.0. The van der Waals surface area contributed by atoms with Gasteiger partial charge in [0.25, 0.3) is 0 Å². The summed E-state index contributed by atoms with van der Waals surface area (Å²) in [6, 6.07) is 10.7. The highest BCUT2D eigenvalue weighted by Gasteiger charge is 2.11. The smallest absolute Gasteiger partial charge is 0.338 e. The lowest BCUT2D eigenvalue weighted by molar-refractivity contribution is 0.0473. The maximum absolute atomic E-state index is 12.0. The molecule has 2 heterocycles. The van der Waals surface area contributed by atoms with Crippen LogP contribution in [0.25, 0.3) is 10.8 Å². The molecule has 0 unspecified atom stereocenters. The van der Waals surface area contributed by atoms with Crippen molar-refractivity contribution in [2.75, 3.05) is 13.2 Å². The van der Waals surface area contributed by atoms with E-state index in [2.05, 4.69) is 0 Å². The van der Waals surface area contributed by atoms with Gasteiger partial charge in [-0.15, -0.1) is 0 Å². The average molecular weight is 298 g/mol. The van der Waals surface area contributed by atoms with E-state index in [0.29, 0.717) is 24.3 Å². The number of esters is 2. The van der Waals surface area contributed by atoms with E-state index in [4.69, 9.17) is 9.47 Å². The molecule has 0 saturated carbocycles. The Labute approximate surface area is 129 Å². The Morgan fingerprint density at radius 2 is 1.09 bits per heavy atom. The Balaban J connectivity index is 1.94. The van der Waals surface area contributed by atoms with Gasteiger partial charge in [0.05, 0.1) is 24.3 Å². The average Bonchev–Trinajstić information content (AvgIpc) is 2.55. The van der Waals surface area contributed by atoms with Crippen LogP contribution >= 0.6 is 0 Å². The van der Waals surface area contributed by atoms with Gasteiger partial charge in [0, 0.05) is 0 Å². The van der Waals surface area contributed by atoms with Gasteiger partial charge < -0.3 is 9.47 Å². The van der Waals surface area contributed by atoms with E-state index < -0.39 is 0 Å². The van der Waals surface area contributed by atoms with E-state index in [1.54, 1.807) is 24.3 Å². The van der Waals surface area contributed by atoms with Crippen molar-refractivity contribution in [3.8, 4) is 0 Å². The first kappa shape index (κ1) is 14.6. The summed E-state index contributed by atoms with van der Waals surface area (Å²) in [7, 11) is 0. The van der Waals surface area contributed by atoms with Crippen molar-refractivity contribution < 1.29 is 19.1 Å². The van der Waals surface area contributed by atoms with Gasteiger partial charge in [-0.1, -0.05) is 12.1 Å². The van der Waals surface area contributed by atoms with E-state index >= 15 is 0 Å². The van der Waals surface area contributed by atoms with Crippen molar-refractivity contribution in [3.63, 3.8) is 0 Å². The predicted octanol–water partition coefficient (Wildman–Crippen LogP) is 3.73. The maximum Gasteiger partial charge on any atom is 0.338 e. The van der Waals surface area contributed by atoms with Gasteiger partial charge in [0.1, 0.15) is 0 Å². The molecule has 2 aliphatic heterocycles. The molecule has 114 valence electrons. The molecular formula is C18H18O4. The van der Waals surface area contributed by atoms with Crippen LogP contribution in [0.4, 0.5) is 0 Å². The molecule has 4 bridgehead atoms. The standard InChI is InChI=1S/C18H18O4/c19-17-15-7-5-14-12-16(8-6-13(14)11-15)18(20)22-10-4-2-1-3-9-21-17/h5-8,11-12H,1-4,9-10H2. The van der Waals surface area contributed by atoms with Crippen LogP contribution < -0.4 is 0 Å². The van der Waals surface area contributed by atoms with Crippen LogP contribution in [-0.2, 0) is 9.47 Å². The second-order valence-corrected chi connectivity index (χ2v) is 5.46. The second-order valence-electron chi connectivity index (χ2n) is 5.46. The number of hydrogen-bond donors (Lipinski definition) is 0. The highest BCUT2D eigenvalue weighted by molar-refractivity contribution is 5.99. The molecule has 2 aromatic rings. The number of carbonyl (C=O) groups excluding carboxylic acids is 2. The Morgan fingerprint density at radius 1 is 0.636 bits per heavy atom. The fourth-order valence-electron chi connectivity index (χ4n) is 2.55. The fourth-order valence-corrected chi connectivity index (χ4v) is 2.55. The van der Waals surface area contributed by atoms with E-state index in [9.17, 15) is 9.59 Å². The Bertz CT molecular complexity index is 644. The van der Waals surface area contributed by atoms with Gasteiger partial charge in [0.15, 0.2) is 0 Å². The minimum atomic E-state index is -0.294. The summed E-state index contributed by atoms with van der Waals surface area (Å²) in [5.41, 5.74) is 1.07. The third-order valence-corrected chi connectivity index (χ3v) is 3.82. The molecule has 4 nitrogen and oxygen atoms in total. The molecule has 0 saturated heterocycles. The van der Waals surface area contributed by atoms with Gasteiger partial charge in [-0.3, -0.25) is 0 Å². The molecule has 2 aromatic carbocycles. The molecule has 0 atom stereocenters. The third kappa shape index (κ3) is 3.27. The minimum Gasteiger partial charge on any atom is -0.462 e. The number of fused-ring (bicyclic) bond motifs is 11. The van der Waals surface area contributed by atoms with Crippen molar-refractivity contribution in [1.29, 1.82) is 0 Å². The summed E-state index contributed by atoms with van der Waals surface area (Å²) in [6.45, 7) is 0.852. The molecule has 0 fully saturated rings. The Morgan fingerprint density at radius 3 is 1.55 bits per heavy atom. The zero-order chi connectivity index (χ0) is 15.4. The normalized spacial score (nSPS) is 16.9.